The van der Waals surface area contributed by atoms with E-state index < -0.39 is 5.82 Å². The summed E-state index contributed by atoms with van der Waals surface area (Å²) < 4.78 is 23.1. The first-order chi connectivity index (χ1) is 19.0. The smallest absolute Gasteiger partial charge is 0.341 e. The van der Waals surface area contributed by atoms with Gasteiger partial charge in [0.05, 0.1) is 23.4 Å². The number of carbonyl (C=O) groups excluding carboxylic acids is 2. The number of rotatable bonds is 6. The molecular weight excluding hydrogens is 533 g/mol. The number of amides is 1. The second-order valence-electron chi connectivity index (χ2n) is 11.2. The van der Waals surface area contributed by atoms with E-state index in [2.05, 4.69) is 25.9 Å². The van der Waals surface area contributed by atoms with E-state index in [1.54, 1.807) is 36.0 Å². The number of piperidine rings is 1. The Bertz CT molecular complexity index is 1560. The number of esters is 1. The van der Waals surface area contributed by atoms with Gasteiger partial charge in [-0.25, -0.2) is 14.2 Å². The number of halogens is 2. The third-order valence-corrected chi connectivity index (χ3v) is 7.62. The normalized spacial score (nSPS) is 14.6. The monoisotopic (exact) mass is 565 g/mol. The lowest BCUT2D eigenvalue weighted by Gasteiger charge is -2.31. The van der Waals surface area contributed by atoms with Gasteiger partial charge in [-0.05, 0) is 76.3 Å². The third kappa shape index (κ3) is 5.61. The summed E-state index contributed by atoms with van der Waals surface area (Å²) in [5.41, 5.74) is 2.72. The van der Waals surface area contributed by atoms with Crippen LogP contribution in [0.1, 0.15) is 61.4 Å². The minimum absolute atomic E-state index is 0.0733. The molecule has 0 spiro atoms. The van der Waals surface area contributed by atoms with Gasteiger partial charge in [-0.2, -0.15) is 5.10 Å². The maximum atomic E-state index is 14.3. The van der Waals surface area contributed by atoms with Crippen molar-refractivity contribution in [2.75, 3.05) is 19.7 Å². The van der Waals surface area contributed by atoms with E-state index >= 15 is 0 Å². The number of aromatic nitrogens is 4. The maximum absolute atomic E-state index is 14.3. The zero-order valence-electron chi connectivity index (χ0n) is 23.2. The highest BCUT2D eigenvalue weighted by Crippen LogP contribution is 2.35. The topological polar surface area (TPSA) is 82.3 Å². The lowest BCUT2D eigenvalue weighted by molar-refractivity contribution is 0.0525. The molecule has 1 amide bonds. The molecule has 0 bridgehead atoms. The molecule has 1 fully saturated rings. The highest BCUT2D eigenvalue weighted by atomic mass is 35.5. The summed E-state index contributed by atoms with van der Waals surface area (Å²) in [6.45, 7) is 10.2. The van der Waals surface area contributed by atoms with Crippen LogP contribution in [0.5, 0.6) is 0 Å². The molecule has 40 heavy (non-hydrogen) atoms. The van der Waals surface area contributed by atoms with Crippen LogP contribution in [-0.4, -0.2) is 55.8 Å². The van der Waals surface area contributed by atoms with Crippen LogP contribution in [0.3, 0.4) is 0 Å². The fourth-order valence-corrected chi connectivity index (χ4v) is 5.27. The van der Waals surface area contributed by atoms with E-state index in [0.717, 1.165) is 23.8 Å². The Morgan fingerprint density at radius 2 is 1.88 bits per heavy atom. The number of benzene rings is 1. The van der Waals surface area contributed by atoms with Crippen molar-refractivity contribution in [1.82, 2.24) is 24.2 Å². The molecule has 0 radical (unpaired) electrons. The molecule has 1 aromatic carbocycles. The van der Waals surface area contributed by atoms with Crippen LogP contribution >= 0.6 is 11.6 Å². The summed E-state index contributed by atoms with van der Waals surface area (Å²) in [6, 6.07) is 8.41. The highest BCUT2D eigenvalue weighted by molar-refractivity contribution is 6.30. The SMILES string of the molecule is CCOC(=O)c1cnn(CC2CCN(C(=O)c3ccc4c(-c5ccc(Cl)c(F)c5)cn(C(C)(C)C)c4n3)CC2)c1. The van der Waals surface area contributed by atoms with Crippen LogP contribution in [0.4, 0.5) is 4.39 Å². The van der Waals surface area contributed by atoms with Gasteiger partial charge in [0.2, 0.25) is 0 Å². The number of hydrogen-bond acceptors (Lipinski definition) is 5. The van der Waals surface area contributed by atoms with Gasteiger partial charge in [-0.3, -0.25) is 9.48 Å². The van der Waals surface area contributed by atoms with E-state index in [1.165, 1.54) is 12.3 Å². The molecule has 0 aliphatic carbocycles. The van der Waals surface area contributed by atoms with E-state index in [4.69, 9.17) is 21.3 Å². The molecule has 0 N–H and O–H groups in total. The number of nitrogens with zero attached hydrogens (tertiary/aromatic N) is 5. The summed E-state index contributed by atoms with van der Waals surface area (Å²) in [5, 5.41) is 5.22. The molecule has 4 heterocycles. The first-order valence-electron chi connectivity index (χ1n) is 13.5. The summed E-state index contributed by atoms with van der Waals surface area (Å²) in [6.07, 6.45) is 6.86. The Balaban J connectivity index is 1.32. The quantitative estimate of drug-likeness (QED) is 0.261. The van der Waals surface area contributed by atoms with E-state index in [1.807, 2.05) is 21.7 Å². The molecule has 10 heteroatoms. The molecule has 210 valence electrons. The number of pyridine rings is 1. The summed E-state index contributed by atoms with van der Waals surface area (Å²) in [4.78, 5) is 32.1. The second kappa shape index (κ2) is 11.0. The fourth-order valence-electron chi connectivity index (χ4n) is 5.15. The highest BCUT2D eigenvalue weighted by Gasteiger charge is 2.27. The van der Waals surface area contributed by atoms with Crippen LogP contribution < -0.4 is 0 Å². The molecule has 8 nitrogen and oxygen atoms in total. The lowest BCUT2D eigenvalue weighted by atomic mass is 9.96. The molecule has 0 unspecified atom stereocenters. The van der Waals surface area contributed by atoms with Crippen molar-refractivity contribution in [3.8, 4) is 11.1 Å². The van der Waals surface area contributed by atoms with Gasteiger partial charge < -0.3 is 14.2 Å². The van der Waals surface area contributed by atoms with Crippen molar-refractivity contribution in [2.45, 2.75) is 52.6 Å². The Hall–Kier alpha value is -3.72. The zero-order valence-corrected chi connectivity index (χ0v) is 23.9. The molecule has 0 saturated carbocycles. The largest absolute Gasteiger partial charge is 0.462 e. The summed E-state index contributed by atoms with van der Waals surface area (Å²) >= 11 is 5.91. The van der Waals surface area contributed by atoms with Gasteiger partial charge in [-0.1, -0.05) is 17.7 Å². The van der Waals surface area contributed by atoms with Gasteiger partial charge in [0.1, 0.15) is 17.2 Å². The van der Waals surface area contributed by atoms with Crippen LogP contribution in [0.2, 0.25) is 5.02 Å². The Morgan fingerprint density at radius 1 is 1.12 bits per heavy atom. The average Bonchev–Trinajstić information content (AvgIpc) is 3.55. The van der Waals surface area contributed by atoms with E-state index in [9.17, 15) is 14.0 Å². The lowest BCUT2D eigenvalue weighted by Crippen LogP contribution is -2.39. The average molecular weight is 566 g/mol. The fraction of sp³-hybridized carbons (Fsp3) is 0.400. The second-order valence-corrected chi connectivity index (χ2v) is 11.6. The van der Waals surface area contributed by atoms with Crippen molar-refractivity contribution < 1.29 is 18.7 Å². The van der Waals surface area contributed by atoms with E-state index in [0.29, 0.717) is 54.6 Å². The molecule has 1 aliphatic heterocycles. The molecule has 5 rings (SSSR count). The minimum Gasteiger partial charge on any atom is -0.462 e. The van der Waals surface area contributed by atoms with E-state index in [-0.39, 0.29) is 22.4 Å². The van der Waals surface area contributed by atoms with Gasteiger partial charge in [0.15, 0.2) is 0 Å². The zero-order chi connectivity index (χ0) is 28.6. The molecule has 1 saturated heterocycles. The standard InChI is InChI=1S/C30H33ClFN5O3/c1-5-40-29(39)21-15-33-36(17-21)16-19-10-12-35(13-11-19)28(38)26-9-7-22-23(20-6-8-24(31)25(32)14-20)18-37(27(22)34-26)30(2,3)4/h6-9,14-15,17-19H,5,10-13,16H2,1-4H3. The third-order valence-electron chi connectivity index (χ3n) is 7.32. The van der Waals surface area contributed by atoms with Gasteiger partial charge in [0, 0.05) is 48.5 Å². The predicted molar refractivity (Wildman–Crippen MR) is 152 cm³/mol. The van der Waals surface area contributed by atoms with Gasteiger partial charge >= 0.3 is 5.97 Å². The summed E-state index contributed by atoms with van der Waals surface area (Å²) in [7, 11) is 0. The van der Waals surface area contributed by atoms with Crippen LogP contribution in [0.25, 0.3) is 22.2 Å². The van der Waals surface area contributed by atoms with Crippen molar-refractivity contribution in [3.63, 3.8) is 0 Å². The number of likely N-dealkylation sites (tertiary alicyclic amines) is 1. The van der Waals surface area contributed by atoms with Crippen LogP contribution in [-0.2, 0) is 16.8 Å². The molecule has 1 aliphatic rings. The van der Waals surface area contributed by atoms with Crippen molar-refractivity contribution in [2.24, 2.45) is 5.92 Å². The first kappa shape index (κ1) is 27.8. The molecule has 0 atom stereocenters. The van der Waals surface area contributed by atoms with Crippen LogP contribution in [0, 0.1) is 11.7 Å². The minimum atomic E-state index is -0.481. The van der Waals surface area contributed by atoms with Gasteiger partial charge in [0.25, 0.3) is 5.91 Å². The van der Waals surface area contributed by atoms with Crippen molar-refractivity contribution in [3.05, 3.63) is 71.0 Å². The van der Waals surface area contributed by atoms with Crippen molar-refractivity contribution >= 4 is 34.5 Å². The number of carbonyl (C=O) groups is 2. The number of hydrogen-bond donors (Lipinski definition) is 0. The molecule has 4 aromatic rings. The molecular formula is C30H33ClFN5O3. The Morgan fingerprint density at radius 3 is 2.55 bits per heavy atom. The Kier molecular flexibility index (Phi) is 7.68. The van der Waals surface area contributed by atoms with Crippen molar-refractivity contribution in [1.29, 1.82) is 0 Å². The van der Waals surface area contributed by atoms with Crippen LogP contribution in [0.15, 0.2) is 48.9 Å². The van der Waals surface area contributed by atoms with Gasteiger partial charge in [-0.15, -0.1) is 0 Å². The first-order valence-corrected chi connectivity index (χ1v) is 13.9. The predicted octanol–water partition coefficient (Wildman–Crippen LogP) is 6.18. The number of ether oxygens (including phenoxy) is 1. The Labute approximate surface area is 237 Å². The summed E-state index contributed by atoms with van der Waals surface area (Å²) in [5.74, 6) is -0.616. The molecule has 3 aromatic heterocycles. The maximum Gasteiger partial charge on any atom is 0.341 e. The number of fused-ring (bicyclic) bond motifs is 1.